The van der Waals surface area contributed by atoms with Crippen LogP contribution in [0.15, 0.2) is 65.7 Å². The Morgan fingerprint density at radius 2 is 1.68 bits per heavy atom. The molecule has 0 aliphatic rings. The summed E-state index contributed by atoms with van der Waals surface area (Å²) >= 11 is 0. The Balaban J connectivity index is 1.86. The van der Waals surface area contributed by atoms with Crippen LogP contribution in [0.1, 0.15) is 12.1 Å². The quantitative estimate of drug-likeness (QED) is 0.346. The lowest BCUT2D eigenvalue weighted by molar-refractivity contribution is -0.132. The van der Waals surface area contributed by atoms with Crippen molar-refractivity contribution in [2.75, 3.05) is 47.1 Å². The summed E-state index contributed by atoms with van der Waals surface area (Å²) in [6.45, 7) is 1.41. The van der Waals surface area contributed by atoms with E-state index in [0.29, 0.717) is 32.7 Å². The van der Waals surface area contributed by atoms with Crippen LogP contribution in [0.3, 0.4) is 0 Å². The Morgan fingerprint density at radius 3 is 2.35 bits per heavy atom. The van der Waals surface area contributed by atoms with Crippen LogP contribution in [-0.4, -0.2) is 75.2 Å². The lowest BCUT2D eigenvalue weighted by atomic mass is 10.1. The third-order valence-corrected chi connectivity index (χ3v) is 7.59. The summed E-state index contributed by atoms with van der Waals surface area (Å²) in [6.07, 6.45) is 2.39. The number of hydrogen-bond donors (Lipinski definition) is 0. The van der Waals surface area contributed by atoms with Crippen molar-refractivity contribution >= 4 is 26.7 Å². The molecule has 0 aliphatic heterocycles. The highest BCUT2D eigenvalue weighted by molar-refractivity contribution is 7.89. The molecule has 1 heterocycles. The second kappa shape index (κ2) is 12.1. The van der Waals surface area contributed by atoms with E-state index >= 15 is 0 Å². The fourth-order valence-corrected chi connectivity index (χ4v) is 5.21. The lowest BCUT2D eigenvalue weighted by Crippen LogP contribution is -2.44. The van der Waals surface area contributed by atoms with Crippen LogP contribution in [0.5, 0.6) is 0 Å². The maximum atomic E-state index is 13.6. The van der Waals surface area contributed by atoms with Crippen LogP contribution in [0, 0.1) is 0 Å². The van der Waals surface area contributed by atoms with Crippen LogP contribution < -0.4 is 0 Å². The van der Waals surface area contributed by atoms with Gasteiger partial charge in [-0.1, -0.05) is 30.3 Å². The maximum absolute atomic E-state index is 13.6. The molecule has 0 N–H and O–H groups in total. The zero-order chi connectivity index (χ0) is 24.6. The summed E-state index contributed by atoms with van der Waals surface area (Å²) in [5, 5.41) is 1.79. The Labute approximate surface area is 201 Å². The number of sulfonamides is 1. The number of fused-ring (bicyclic) bond motifs is 1. The molecule has 1 amide bonds. The van der Waals surface area contributed by atoms with Gasteiger partial charge in [0.2, 0.25) is 15.9 Å². The molecule has 0 spiro atoms. The molecule has 1 aromatic heterocycles. The monoisotopic (exact) mass is 487 g/mol. The molecular weight excluding hydrogens is 454 g/mol. The number of ether oxygens (including phenoxy) is 2. The number of benzene rings is 2. The smallest absolute Gasteiger partial charge is 0.243 e. The number of aromatic nitrogens is 1. The molecular formula is C25H33N3O5S. The normalized spacial score (nSPS) is 11.9. The molecule has 0 bridgehead atoms. The van der Waals surface area contributed by atoms with E-state index in [1.165, 1.54) is 4.31 Å². The van der Waals surface area contributed by atoms with Crippen molar-refractivity contribution in [2.24, 2.45) is 7.05 Å². The van der Waals surface area contributed by atoms with E-state index in [1.807, 2.05) is 54.2 Å². The highest BCUT2D eigenvalue weighted by Gasteiger charge is 2.28. The number of carbonyl (C=O) groups excluding carboxylic acids is 1. The van der Waals surface area contributed by atoms with Gasteiger partial charge in [0.15, 0.2) is 0 Å². The van der Waals surface area contributed by atoms with Crippen molar-refractivity contribution in [3.63, 3.8) is 0 Å². The summed E-state index contributed by atoms with van der Waals surface area (Å²) in [5.41, 5.74) is 0.952. The van der Waals surface area contributed by atoms with E-state index in [1.54, 1.807) is 37.3 Å². The van der Waals surface area contributed by atoms with E-state index in [2.05, 4.69) is 0 Å². The topological polar surface area (TPSA) is 81.1 Å². The van der Waals surface area contributed by atoms with E-state index in [4.69, 9.17) is 9.47 Å². The zero-order valence-electron chi connectivity index (χ0n) is 20.0. The van der Waals surface area contributed by atoms with Gasteiger partial charge in [0.05, 0.1) is 24.6 Å². The van der Waals surface area contributed by atoms with E-state index in [9.17, 15) is 13.2 Å². The van der Waals surface area contributed by atoms with Crippen molar-refractivity contribution in [1.82, 2.24) is 13.8 Å². The van der Waals surface area contributed by atoms with Gasteiger partial charge in [-0.2, -0.15) is 4.31 Å². The number of aryl methyl sites for hydroxylation is 1. The summed E-state index contributed by atoms with van der Waals surface area (Å²) in [4.78, 5) is 15.1. The Bertz CT molecular complexity index is 1190. The van der Waals surface area contributed by atoms with Gasteiger partial charge in [-0.3, -0.25) is 4.79 Å². The first-order valence-corrected chi connectivity index (χ1v) is 12.7. The average molecular weight is 488 g/mol. The first-order chi connectivity index (χ1) is 16.4. The van der Waals surface area contributed by atoms with Gasteiger partial charge < -0.3 is 18.9 Å². The number of hydrogen-bond acceptors (Lipinski definition) is 5. The van der Waals surface area contributed by atoms with Gasteiger partial charge in [0.25, 0.3) is 0 Å². The number of carbonyl (C=O) groups is 1. The van der Waals surface area contributed by atoms with Gasteiger partial charge in [-0.25, -0.2) is 8.42 Å². The van der Waals surface area contributed by atoms with Crippen LogP contribution >= 0.6 is 0 Å². The number of nitrogens with zero attached hydrogens (tertiary/aromatic N) is 3. The van der Waals surface area contributed by atoms with Crippen molar-refractivity contribution in [3.8, 4) is 0 Å². The van der Waals surface area contributed by atoms with Crippen molar-refractivity contribution in [2.45, 2.75) is 17.9 Å². The number of rotatable bonds is 13. The predicted octanol–water partition coefficient (Wildman–Crippen LogP) is 2.88. The summed E-state index contributed by atoms with van der Waals surface area (Å²) in [5.74, 6) is -0.278. The van der Waals surface area contributed by atoms with Crippen LogP contribution in [0.4, 0.5) is 0 Å². The molecule has 0 saturated heterocycles. The van der Waals surface area contributed by atoms with E-state index < -0.39 is 10.0 Å². The number of methoxy groups -OCH3 is 2. The molecule has 2 aromatic carbocycles. The minimum atomic E-state index is -3.90. The van der Waals surface area contributed by atoms with Gasteiger partial charge >= 0.3 is 0 Å². The summed E-state index contributed by atoms with van der Waals surface area (Å²) in [7, 11) is 1.16. The molecule has 184 valence electrons. The number of amides is 1. The third kappa shape index (κ3) is 6.44. The molecule has 0 unspecified atom stereocenters. The Morgan fingerprint density at radius 1 is 0.941 bits per heavy atom. The van der Waals surface area contributed by atoms with Gasteiger partial charge in [-0.15, -0.1) is 0 Å². The molecule has 0 aliphatic carbocycles. The van der Waals surface area contributed by atoms with Crippen molar-refractivity contribution in [1.29, 1.82) is 0 Å². The highest BCUT2D eigenvalue weighted by atomic mass is 32.2. The minimum Gasteiger partial charge on any atom is -0.385 e. The second-order valence-corrected chi connectivity index (χ2v) is 10.1. The SMILES string of the molecule is COCCCN(CC(=O)N(CCOC)Cc1cccn1C)S(=O)(=O)c1ccc2ccccc2c1. The minimum absolute atomic E-state index is 0.169. The van der Waals surface area contributed by atoms with Gasteiger partial charge in [0.1, 0.15) is 0 Å². The molecule has 9 heteroatoms. The molecule has 0 saturated carbocycles. The first kappa shape index (κ1) is 25.9. The molecule has 8 nitrogen and oxygen atoms in total. The van der Waals surface area contributed by atoms with Gasteiger partial charge in [0, 0.05) is 52.9 Å². The van der Waals surface area contributed by atoms with E-state index in [0.717, 1.165) is 16.5 Å². The molecule has 0 atom stereocenters. The molecule has 34 heavy (non-hydrogen) atoms. The molecule has 0 radical (unpaired) electrons. The standard InChI is InChI=1S/C25H33N3O5S/c1-26-13-6-10-23(26)19-27(15-17-33-3)25(29)20-28(14-7-16-32-2)34(30,31)24-12-11-21-8-4-5-9-22(21)18-24/h4-6,8-13,18H,7,14-17,19-20H2,1-3H3. The first-order valence-electron chi connectivity index (χ1n) is 11.2. The average Bonchev–Trinajstić information content (AvgIpc) is 3.24. The Kier molecular flexibility index (Phi) is 9.23. The van der Waals surface area contributed by atoms with Crippen LogP contribution in [-0.2, 0) is 37.9 Å². The van der Waals surface area contributed by atoms with Crippen LogP contribution in [0.25, 0.3) is 10.8 Å². The summed E-state index contributed by atoms with van der Waals surface area (Å²) in [6, 6.07) is 16.5. The van der Waals surface area contributed by atoms with E-state index in [-0.39, 0.29) is 23.9 Å². The van der Waals surface area contributed by atoms with Crippen molar-refractivity contribution in [3.05, 3.63) is 66.5 Å². The highest BCUT2D eigenvalue weighted by Crippen LogP contribution is 2.22. The molecule has 3 aromatic rings. The largest absolute Gasteiger partial charge is 0.385 e. The second-order valence-electron chi connectivity index (χ2n) is 8.11. The summed E-state index contributed by atoms with van der Waals surface area (Å²) < 4.78 is 40.7. The maximum Gasteiger partial charge on any atom is 0.243 e. The van der Waals surface area contributed by atoms with Gasteiger partial charge in [-0.05, 0) is 41.5 Å². The third-order valence-electron chi connectivity index (χ3n) is 5.75. The lowest BCUT2D eigenvalue weighted by Gasteiger charge is -2.27. The van der Waals surface area contributed by atoms with Crippen molar-refractivity contribution < 1.29 is 22.7 Å². The predicted molar refractivity (Wildman–Crippen MR) is 132 cm³/mol. The van der Waals surface area contributed by atoms with Crippen LogP contribution in [0.2, 0.25) is 0 Å². The fraction of sp³-hybridized carbons (Fsp3) is 0.400. The zero-order valence-corrected chi connectivity index (χ0v) is 20.8. The molecule has 3 rings (SSSR count). The fourth-order valence-electron chi connectivity index (χ4n) is 3.75. The molecule has 0 fully saturated rings. The Hall–Kier alpha value is -2.72.